The predicted octanol–water partition coefficient (Wildman–Crippen LogP) is 2.63. The normalized spacial score (nSPS) is 17.7. The fourth-order valence-corrected chi connectivity index (χ4v) is 4.29. The molecule has 0 fully saturated rings. The van der Waals surface area contributed by atoms with Gasteiger partial charge in [0.15, 0.2) is 0 Å². The predicted molar refractivity (Wildman–Crippen MR) is 106 cm³/mol. The van der Waals surface area contributed by atoms with Crippen LogP contribution in [0.3, 0.4) is 0 Å². The summed E-state index contributed by atoms with van der Waals surface area (Å²) in [6, 6.07) is 12.7. The number of amides is 1. The van der Waals surface area contributed by atoms with E-state index in [1.165, 1.54) is 6.07 Å². The van der Waals surface area contributed by atoms with E-state index in [0.29, 0.717) is 11.3 Å². The van der Waals surface area contributed by atoms with Crippen LogP contribution >= 0.6 is 0 Å². The van der Waals surface area contributed by atoms with Gasteiger partial charge in [0.05, 0.1) is 10.8 Å². The Kier molecular flexibility index (Phi) is 5.37. The molecule has 2 aromatic carbocycles. The molecule has 0 bridgehead atoms. The highest BCUT2D eigenvalue weighted by Crippen LogP contribution is 2.33. The van der Waals surface area contributed by atoms with Crippen LogP contribution in [0.25, 0.3) is 0 Å². The van der Waals surface area contributed by atoms with E-state index in [9.17, 15) is 13.2 Å². The van der Waals surface area contributed by atoms with Crippen molar-refractivity contribution in [1.29, 1.82) is 0 Å². The van der Waals surface area contributed by atoms with Gasteiger partial charge in [-0.25, -0.2) is 13.1 Å². The van der Waals surface area contributed by atoms with E-state index in [2.05, 4.69) is 10.0 Å². The molecule has 6 nitrogen and oxygen atoms in total. The Labute approximate surface area is 160 Å². The molecule has 0 unspecified atom stereocenters. The molecule has 1 aliphatic rings. The Morgan fingerprint density at radius 1 is 1.15 bits per heavy atom. The smallest absolute Gasteiger partial charge is 0.240 e. The number of fused-ring (bicyclic) bond motifs is 1. The molecule has 27 heavy (non-hydrogen) atoms. The summed E-state index contributed by atoms with van der Waals surface area (Å²) in [5.41, 5.74) is 3.60. The third-order valence-corrected chi connectivity index (χ3v) is 6.42. The third-order valence-electron chi connectivity index (χ3n) is 5.00. The first-order valence-electron chi connectivity index (χ1n) is 8.86. The molecule has 1 heterocycles. The summed E-state index contributed by atoms with van der Waals surface area (Å²) in [5.74, 6) is -0.461. The lowest BCUT2D eigenvalue weighted by Crippen LogP contribution is -2.34. The number of likely N-dealkylation sites (N-methyl/N-ethyl adjacent to an activating group) is 1. The molecular formula is C20H25N3O3S. The van der Waals surface area contributed by atoms with Gasteiger partial charge in [-0.3, -0.25) is 4.79 Å². The zero-order valence-corrected chi connectivity index (χ0v) is 16.8. The molecule has 2 N–H and O–H groups in total. The van der Waals surface area contributed by atoms with E-state index in [0.717, 1.165) is 11.1 Å². The number of hydrogen-bond donors (Lipinski definition) is 2. The van der Waals surface area contributed by atoms with E-state index in [-0.39, 0.29) is 29.3 Å². The van der Waals surface area contributed by atoms with Gasteiger partial charge >= 0.3 is 0 Å². The highest BCUT2D eigenvalue weighted by atomic mass is 32.2. The number of anilines is 1. The van der Waals surface area contributed by atoms with E-state index in [1.54, 1.807) is 19.1 Å². The fraction of sp³-hybridized carbons (Fsp3) is 0.350. The summed E-state index contributed by atoms with van der Waals surface area (Å²) in [7, 11) is 0.164. The molecule has 0 saturated carbocycles. The van der Waals surface area contributed by atoms with Crippen molar-refractivity contribution in [3.63, 3.8) is 0 Å². The van der Waals surface area contributed by atoms with Gasteiger partial charge in [0.2, 0.25) is 15.9 Å². The van der Waals surface area contributed by atoms with Gasteiger partial charge in [-0.05, 0) is 57.3 Å². The van der Waals surface area contributed by atoms with Gasteiger partial charge in [-0.15, -0.1) is 0 Å². The van der Waals surface area contributed by atoms with Crippen LogP contribution in [0.2, 0.25) is 0 Å². The summed E-state index contributed by atoms with van der Waals surface area (Å²) < 4.78 is 28.3. The van der Waals surface area contributed by atoms with Gasteiger partial charge in [-0.2, -0.15) is 0 Å². The molecule has 7 heteroatoms. The monoisotopic (exact) mass is 387 g/mol. The first-order chi connectivity index (χ1) is 12.7. The Balaban J connectivity index is 1.80. The molecule has 0 aromatic heterocycles. The number of hydrogen-bond acceptors (Lipinski definition) is 4. The highest BCUT2D eigenvalue weighted by molar-refractivity contribution is 7.89. The van der Waals surface area contributed by atoms with Crippen LogP contribution in [-0.4, -0.2) is 39.9 Å². The first-order valence-corrected chi connectivity index (χ1v) is 10.3. The molecule has 0 saturated heterocycles. The maximum atomic E-state index is 12.8. The largest absolute Gasteiger partial charge is 0.325 e. The van der Waals surface area contributed by atoms with Gasteiger partial charge in [0, 0.05) is 18.3 Å². The lowest BCUT2D eigenvalue weighted by atomic mass is 10.0. The summed E-state index contributed by atoms with van der Waals surface area (Å²) in [6.45, 7) is 4.04. The molecule has 2 atom stereocenters. The Hall–Kier alpha value is -2.22. The minimum atomic E-state index is -3.68. The maximum Gasteiger partial charge on any atom is 0.240 e. The second kappa shape index (κ2) is 7.42. The van der Waals surface area contributed by atoms with Crippen LogP contribution in [-0.2, 0) is 14.8 Å². The summed E-state index contributed by atoms with van der Waals surface area (Å²) in [4.78, 5) is 13.9. The SMILES string of the molecule is Cc1ccc([C@@H](CNS(=O)(=O)c2ccc3c(c2)[C@H](C)C(=O)N3)N(C)C)cc1. The second-order valence-electron chi connectivity index (χ2n) is 7.20. The van der Waals surface area contributed by atoms with Crippen LogP contribution in [0.5, 0.6) is 0 Å². The van der Waals surface area contributed by atoms with Crippen LogP contribution in [0.15, 0.2) is 47.4 Å². The van der Waals surface area contributed by atoms with Crippen LogP contribution in [0, 0.1) is 6.92 Å². The molecule has 3 rings (SSSR count). The zero-order valence-electron chi connectivity index (χ0n) is 16.0. The van der Waals surface area contributed by atoms with E-state index < -0.39 is 10.0 Å². The number of carbonyl (C=O) groups is 1. The van der Waals surface area contributed by atoms with E-state index >= 15 is 0 Å². The van der Waals surface area contributed by atoms with Crippen molar-refractivity contribution in [3.8, 4) is 0 Å². The Morgan fingerprint density at radius 2 is 1.81 bits per heavy atom. The zero-order chi connectivity index (χ0) is 19.8. The van der Waals surface area contributed by atoms with Crippen molar-refractivity contribution < 1.29 is 13.2 Å². The van der Waals surface area contributed by atoms with E-state index in [1.807, 2.05) is 50.2 Å². The summed E-state index contributed by atoms with van der Waals surface area (Å²) in [6.07, 6.45) is 0. The third kappa shape index (κ3) is 4.05. The lowest BCUT2D eigenvalue weighted by Gasteiger charge is -2.25. The van der Waals surface area contributed by atoms with E-state index in [4.69, 9.17) is 0 Å². The molecule has 1 aliphatic heterocycles. The number of benzene rings is 2. The van der Waals surface area contributed by atoms with Crippen molar-refractivity contribution >= 4 is 21.6 Å². The second-order valence-corrected chi connectivity index (χ2v) is 8.97. The topological polar surface area (TPSA) is 78.5 Å². The maximum absolute atomic E-state index is 12.8. The average molecular weight is 388 g/mol. The number of aryl methyl sites for hydroxylation is 1. The fourth-order valence-electron chi connectivity index (χ4n) is 3.22. The average Bonchev–Trinajstić information content (AvgIpc) is 2.90. The molecule has 0 radical (unpaired) electrons. The molecule has 144 valence electrons. The highest BCUT2D eigenvalue weighted by Gasteiger charge is 2.28. The number of rotatable bonds is 6. The molecule has 0 spiro atoms. The minimum Gasteiger partial charge on any atom is -0.325 e. The number of nitrogens with zero attached hydrogens (tertiary/aromatic N) is 1. The quantitative estimate of drug-likeness (QED) is 0.799. The van der Waals surface area contributed by atoms with Crippen molar-refractivity contribution in [2.45, 2.75) is 30.7 Å². The minimum absolute atomic E-state index is 0.0861. The van der Waals surface area contributed by atoms with Gasteiger partial charge in [0.1, 0.15) is 0 Å². The van der Waals surface area contributed by atoms with Gasteiger partial charge < -0.3 is 10.2 Å². The lowest BCUT2D eigenvalue weighted by molar-refractivity contribution is -0.116. The van der Waals surface area contributed by atoms with Crippen LogP contribution in [0.4, 0.5) is 5.69 Å². The van der Waals surface area contributed by atoms with Crippen molar-refractivity contribution in [2.24, 2.45) is 0 Å². The van der Waals surface area contributed by atoms with Crippen LogP contribution < -0.4 is 10.0 Å². The Morgan fingerprint density at radius 3 is 2.44 bits per heavy atom. The van der Waals surface area contributed by atoms with Crippen LogP contribution in [0.1, 0.15) is 35.6 Å². The van der Waals surface area contributed by atoms with Gasteiger partial charge in [-0.1, -0.05) is 29.8 Å². The molecule has 2 aromatic rings. The van der Waals surface area contributed by atoms with Crippen molar-refractivity contribution in [1.82, 2.24) is 9.62 Å². The summed E-state index contributed by atoms with van der Waals surface area (Å²) in [5, 5.41) is 2.76. The summed E-state index contributed by atoms with van der Waals surface area (Å²) >= 11 is 0. The van der Waals surface area contributed by atoms with Crippen molar-refractivity contribution in [3.05, 3.63) is 59.2 Å². The standard InChI is InChI=1S/C20H25N3O3S/c1-13-5-7-15(8-6-13)19(23(3)4)12-21-27(25,26)16-9-10-18-17(11-16)14(2)20(24)22-18/h5-11,14,19,21H,12H2,1-4H3,(H,22,24)/t14-,19+/m0/s1. The van der Waals surface area contributed by atoms with Gasteiger partial charge in [0.25, 0.3) is 0 Å². The first kappa shape index (κ1) is 19.5. The number of nitrogens with one attached hydrogen (secondary N) is 2. The molecule has 0 aliphatic carbocycles. The Bertz CT molecular complexity index is 953. The molecule has 1 amide bonds. The number of carbonyl (C=O) groups excluding carboxylic acids is 1. The molecular weight excluding hydrogens is 362 g/mol. The van der Waals surface area contributed by atoms with Crippen molar-refractivity contribution in [2.75, 3.05) is 26.0 Å². The number of sulfonamides is 1.